The van der Waals surface area contributed by atoms with Crippen LogP contribution in [0.1, 0.15) is 30.6 Å². The van der Waals surface area contributed by atoms with Crippen LogP contribution in [0.3, 0.4) is 0 Å². The largest absolute Gasteiger partial charge is 0.480 e. The lowest BCUT2D eigenvalue weighted by Gasteiger charge is -2.20. The van der Waals surface area contributed by atoms with Gasteiger partial charge in [-0.25, -0.2) is 4.79 Å². The average molecular weight is 350 g/mol. The second-order valence-electron chi connectivity index (χ2n) is 5.42. The molecule has 0 spiro atoms. The Bertz CT molecular complexity index is 617. The fraction of sp³-hybridized carbons (Fsp3) is 0.412. The standard InChI is InChI=1S/C17H22N2O6/c1-3-25-14(21)9-11(2)15(17(23)24)19-13(20)10-18-16(22)12-7-5-4-6-8-12/h4-8,11,15H,3,9-10H2,1-2H3,(H,18,22)(H,19,20)(H,23,24)/t11-,15-/m0/s1. The Morgan fingerprint density at radius 2 is 1.80 bits per heavy atom. The fourth-order valence-corrected chi connectivity index (χ4v) is 2.12. The SMILES string of the molecule is CCOC(=O)C[C@H](C)[C@H](NC(=O)CNC(=O)c1ccccc1)C(=O)O. The third-order valence-corrected chi connectivity index (χ3v) is 3.39. The first-order chi connectivity index (χ1) is 11.8. The van der Waals surface area contributed by atoms with Crippen molar-refractivity contribution in [1.82, 2.24) is 10.6 Å². The fourth-order valence-electron chi connectivity index (χ4n) is 2.12. The third-order valence-electron chi connectivity index (χ3n) is 3.39. The zero-order chi connectivity index (χ0) is 18.8. The molecule has 0 saturated heterocycles. The van der Waals surface area contributed by atoms with Crippen LogP contribution in [0, 0.1) is 5.92 Å². The molecule has 0 radical (unpaired) electrons. The van der Waals surface area contributed by atoms with Crippen LogP contribution in [0.4, 0.5) is 0 Å². The predicted molar refractivity (Wildman–Crippen MR) is 88.8 cm³/mol. The van der Waals surface area contributed by atoms with E-state index in [1.165, 1.54) is 6.92 Å². The van der Waals surface area contributed by atoms with Crippen molar-refractivity contribution in [3.05, 3.63) is 35.9 Å². The Morgan fingerprint density at radius 1 is 1.16 bits per heavy atom. The quantitative estimate of drug-likeness (QED) is 0.560. The van der Waals surface area contributed by atoms with Crippen LogP contribution in [0.15, 0.2) is 30.3 Å². The molecule has 0 aliphatic carbocycles. The number of ether oxygens (including phenoxy) is 1. The number of carboxylic acids is 1. The minimum absolute atomic E-state index is 0.137. The summed E-state index contributed by atoms with van der Waals surface area (Å²) >= 11 is 0. The number of aliphatic carboxylic acids is 1. The minimum Gasteiger partial charge on any atom is -0.480 e. The van der Waals surface area contributed by atoms with Gasteiger partial charge in [-0.05, 0) is 25.0 Å². The molecule has 0 fully saturated rings. The normalized spacial score (nSPS) is 12.6. The summed E-state index contributed by atoms with van der Waals surface area (Å²) in [6.45, 7) is 3.00. The van der Waals surface area contributed by atoms with Crippen molar-refractivity contribution >= 4 is 23.8 Å². The van der Waals surface area contributed by atoms with Gasteiger partial charge in [-0.2, -0.15) is 0 Å². The Balaban J connectivity index is 2.54. The molecule has 25 heavy (non-hydrogen) atoms. The zero-order valence-corrected chi connectivity index (χ0v) is 14.2. The lowest BCUT2D eigenvalue weighted by molar-refractivity contribution is -0.147. The molecule has 2 amide bonds. The van der Waals surface area contributed by atoms with Crippen molar-refractivity contribution < 1.29 is 29.0 Å². The second kappa shape index (κ2) is 10.1. The van der Waals surface area contributed by atoms with Gasteiger partial charge in [0.1, 0.15) is 6.04 Å². The first-order valence-electron chi connectivity index (χ1n) is 7.86. The molecule has 1 rings (SSSR count). The Hall–Kier alpha value is -2.90. The van der Waals surface area contributed by atoms with E-state index in [1.807, 2.05) is 0 Å². The summed E-state index contributed by atoms with van der Waals surface area (Å²) in [5, 5.41) is 14.0. The van der Waals surface area contributed by atoms with Gasteiger partial charge >= 0.3 is 11.9 Å². The number of benzene rings is 1. The van der Waals surface area contributed by atoms with Crippen LogP contribution >= 0.6 is 0 Å². The number of carbonyl (C=O) groups is 4. The summed E-state index contributed by atoms with van der Waals surface area (Å²) in [5.41, 5.74) is 0.390. The zero-order valence-electron chi connectivity index (χ0n) is 14.2. The summed E-state index contributed by atoms with van der Waals surface area (Å²) in [5.74, 6) is -3.56. The summed E-state index contributed by atoms with van der Waals surface area (Å²) < 4.78 is 4.77. The highest BCUT2D eigenvalue weighted by atomic mass is 16.5. The number of carboxylic acid groups (broad SMARTS) is 1. The summed E-state index contributed by atoms with van der Waals surface area (Å²) in [6.07, 6.45) is -0.137. The van der Waals surface area contributed by atoms with Crippen LogP contribution in [-0.2, 0) is 19.1 Å². The van der Waals surface area contributed by atoms with E-state index in [1.54, 1.807) is 37.3 Å². The molecular formula is C17H22N2O6. The molecule has 0 aromatic heterocycles. The van der Waals surface area contributed by atoms with E-state index < -0.39 is 35.7 Å². The van der Waals surface area contributed by atoms with E-state index in [2.05, 4.69) is 10.6 Å². The van der Waals surface area contributed by atoms with Gasteiger partial charge in [0, 0.05) is 5.56 Å². The molecule has 1 aromatic rings. The van der Waals surface area contributed by atoms with Gasteiger partial charge < -0.3 is 20.5 Å². The highest BCUT2D eigenvalue weighted by molar-refractivity contribution is 5.96. The third kappa shape index (κ3) is 7.03. The van der Waals surface area contributed by atoms with Crippen molar-refractivity contribution in [2.75, 3.05) is 13.2 Å². The Morgan fingerprint density at radius 3 is 2.36 bits per heavy atom. The van der Waals surface area contributed by atoms with Gasteiger partial charge in [0.15, 0.2) is 0 Å². The van der Waals surface area contributed by atoms with Crippen LogP contribution in [0.25, 0.3) is 0 Å². The molecule has 0 bridgehead atoms. The first kappa shape index (κ1) is 20.1. The monoisotopic (exact) mass is 350 g/mol. The Labute approximate surface area is 145 Å². The van der Waals surface area contributed by atoms with Crippen molar-refractivity contribution in [1.29, 1.82) is 0 Å². The number of nitrogens with one attached hydrogen (secondary N) is 2. The molecule has 8 nitrogen and oxygen atoms in total. The molecule has 3 N–H and O–H groups in total. The lowest BCUT2D eigenvalue weighted by Crippen LogP contribution is -2.49. The number of rotatable bonds is 9. The van der Waals surface area contributed by atoms with Gasteiger partial charge in [0.05, 0.1) is 19.6 Å². The topological polar surface area (TPSA) is 122 Å². The molecule has 0 saturated carbocycles. The van der Waals surface area contributed by atoms with E-state index in [0.717, 1.165) is 0 Å². The van der Waals surface area contributed by atoms with Gasteiger partial charge in [-0.3, -0.25) is 14.4 Å². The average Bonchev–Trinajstić information content (AvgIpc) is 2.58. The van der Waals surface area contributed by atoms with Gasteiger partial charge in [0.25, 0.3) is 5.91 Å². The first-order valence-corrected chi connectivity index (χ1v) is 7.86. The van der Waals surface area contributed by atoms with Crippen LogP contribution in [0.2, 0.25) is 0 Å². The number of esters is 1. The highest BCUT2D eigenvalue weighted by Gasteiger charge is 2.28. The molecule has 0 aliphatic rings. The maximum Gasteiger partial charge on any atom is 0.326 e. The Kier molecular flexibility index (Phi) is 8.11. The van der Waals surface area contributed by atoms with Crippen molar-refractivity contribution in [2.45, 2.75) is 26.3 Å². The highest BCUT2D eigenvalue weighted by Crippen LogP contribution is 2.10. The molecule has 0 aliphatic heterocycles. The van der Waals surface area contributed by atoms with E-state index in [-0.39, 0.29) is 19.6 Å². The molecule has 1 aromatic carbocycles. The van der Waals surface area contributed by atoms with E-state index in [0.29, 0.717) is 5.56 Å². The molecule has 2 atom stereocenters. The van der Waals surface area contributed by atoms with Gasteiger partial charge in [-0.1, -0.05) is 25.1 Å². The summed E-state index contributed by atoms with van der Waals surface area (Å²) in [7, 11) is 0. The smallest absolute Gasteiger partial charge is 0.326 e. The van der Waals surface area contributed by atoms with E-state index in [9.17, 15) is 24.3 Å². The van der Waals surface area contributed by atoms with Crippen LogP contribution in [-0.4, -0.2) is 48.1 Å². The van der Waals surface area contributed by atoms with Gasteiger partial charge in [-0.15, -0.1) is 0 Å². The molecule has 8 heteroatoms. The van der Waals surface area contributed by atoms with Crippen molar-refractivity contribution in [3.63, 3.8) is 0 Å². The predicted octanol–water partition coefficient (Wildman–Crippen LogP) is 0.575. The van der Waals surface area contributed by atoms with Crippen LogP contribution < -0.4 is 10.6 Å². The maximum atomic E-state index is 11.9. The van der Waals surface area contributed by atoms with Gasteiger partial charge in [0.2, 0.25) is 5.91 Å². The lowest BCUT2D eigenvalue weighted by atomic mass is 9.98. The summed E-state index contributed by atoms with van der Waals surface area (Å²) in [6, 6.07) is 7.06. The van der Waals surface area contributed by atoms with Crippen LogP contribution in [0.5, 0.6) is 0 Å². The van der Waals surface area contributed by atoms with E-state index >= 15 is 0 Å². The molecular weight excluding hydrogens is 328 g/mol. The molecule has 0 heterocycles. The maximum absolute atomic E-state index is 11.9. The van der Waals surface area contributed by atoms with E-state index in [4.69, 9.17) is 4.74 Å². The summed E-state index contributed by atoms with van der Waals surface area (Å²) in [4.78, 5) is 46.5. The second-order valence-corrected chi connectivity index (χ2v) is 5.42. The molecule has 136 valence electrons. The molecule has 0 unspecified atom stereocenters. The van der Waals surface area contributed by atoms with Crippen molar-refractivity contribution in [3.8, 4) is 0 Å². The number of amides is 2. The number of hydrogen-bond acceptors (Lipinski definition) is 5. The minimum atomic E-state index is -1.26. The number of hydrogen-bond donors (Lipinski definition) is 3. The van der Waals surface area contributed by atoms with Crippen molar-refractivity contribution in [2.24, 2.45) is 5.92 Å². The number of carbonyl (C=O) groups excluding carboxylic acids is 3.